The van der Waals surface area contributed by atoms with Gasteiger partial charge in [0.1, 0.15) is 11.5 Å². The van der Waals surface area contributed by atoms with Crippen LogP contribution >= 0.6 is 0 Å². The molecule has 0 amide bonds. The summed E-state index contributed by atoms with van der Waals surface area (Å²) in [6, 6.07) is 3.27. The van der Waals surface area contributed by atoms with Crippen LogP contribution in [0.1, 0.15) is 41.0 Å². The number of hydrogen-bond donors (Lipinski definition) is 1. The Labute approximate surface area is 130 Å². The number of carbonyl (C=O) groups is 2. The van der Waals surface area contributed by atoms with Gasteiger partial charge in [-0.25, -0.2) is 0 Å². The molecule has 22 heavy (non-hydrogen) atoms. The van der Waals surface area contributed by atoms with Crippen molar-refractivity contribution in [3.8, 4) is 11.5 Å². The van der Waals surface area contributed by atoms with Gasteiger partial charge in [0.05, 0.1) is 31.0 Å². The molecule has 0 saturated heterocycles. The third kappa shape index (κ3) is 2.98. The molecule has 0 saturated carbocycles. The Morgan fingerprint density at radius 3 is 2.18 bits per heavy atom. The van der Waals surface area contributed by atoms with Crippen LogP contribution in [0.3, 0.4) is 0 Å². The third-order valence-electron chi connectivity index (χ3n) is 3.60. The molecule has 0 aromatic heterocycles. The molecule has 0 spiro atoms. The predicted octanol–water partition coefficient (Wildman–Crippen LogP) is 2.60. The molecule has 0 unspecified atom stereocenters. The molecule has 0 radical (unpaired) electrons. The normalized spacial score (nSPS) is 13.8. The zero-order valence-corrected chi connectivity index (χ0v) is 13.4. The number of hydrogen-bond acceptors (Lipinski definition) is 5. The maximum absolute atomic E-state index is 12.7. The first-order chi connectivity index (χ1) is 10.5. The molecular formula is C17H21NO4. The first-order valence-electron chi connectivity index (χ1n) is 7.29. The van der Waals surface area contributed by atoms with E-state index in [2.05, 4.69) is 19.2 Å². The van der Waals surface area contributed by atoms with Gasteiger partial charge in [-0.2, -0.15) is 0 Å². The van der Waals surface area contributed by atoms with Crippen LogP contribution < -0.4 is 14.8 Å². The summed E-state index contributed by atoms with van der Waals surface area (Å²) < 4.78 is 10.4. The molecule has 5 nitrogen and oxygen atoms in total. The monoisotopic (exact) mass is 303 g/mol. The van der Waals surface area contributed by atoms with Crippen LogP contribution in [0.4, 0.5) is 0 Å². The van der Waals surface area contributed by atoms with Crippen molar-refractivity contribution in [1.29, 1.82) is 0 Å². The Kier molecular flexibility index (Phi) is 4.85. The Morgan fingerprint density at radius 1 is 1.05 bits per heavy atom. The summed E-state index contributed by atoms with van der Waals surface area (Å²) in [5, 5.41) is 3.06. The molecule has 0 bridgehead atoms. The van der Waals surface area contributed by atoms with Crippen molar-refractivity contribution in [2.75, 3.05) is 20.8 Å². The summed E-state index contributed by atoms with van der Waals surface area (Å²) in [6.07, 6.45) is 2.26. The standard InChI is InChI=1S/C17H21NO4/c1-10(2)7-8-18-11-9-12(19)15-13(21-3)5-6-14(22-4)16(15)17(11)20/h5-6,9-10,18H,7-8H2,1-4H3. The minimum absolute atomic E-state index is 0.242. The lowest BCUT2D eigenvalue weighted by Gasteiger charge is -2.20. The van der Waals surface area contributed by atoms with Crippen LogP contribution in [0.15, 0.2) is 23.9 Å². The number of fused-ring (bicyclic) bond motifs is 1. The number of carbonyl (C=O) groups excluding carboxylic acids is 2. The number of ether oxygens (including phenoxy) is 2. The van der Waals surface area contributed by atoms with Crippen molar-refractivity contribution in [2.45, 2.75) is 20.3 Å². The lowest BCUT2D eigenvalue weighted by atomic mass is 9.90. The van der Waals surface area contributed by atoms with E-state index in [1.54, 1.807) is 12.1 Å². The number of Topliss-reactive ketones (excluding diaryl/α,β-unsaturated/α-hetero) is 1. The first kappa shape index (κ1) is 16.1. The maximum atomic E-state index is 12.7. The van der Waals surface area contributed by atoms with Gasteiger partial charge in [0.15, 0.2) is 5.78 Å². The van der Waals surface area contributed by atoms with Gasteiger partial charge in [-0.1, -0.05) is 13.8 Å². The summed E-state index contributed by atoms with van der Waals surface area (Å²) in [7, 11) is 2.95. The lowest BCUT2D eigenvalue weighted by molar-refractivity contribution is 0.0973. The number of ketones is 2. The van der Waals surface area contributed by atoms with Gasteiger partial charge >= 0.3 is 0 Å². The zero-order valence-electron chi connectivity index (χ0n) is 13.4. The molecule has 1 aromatic rings. The van der Waals surface area contributed by atoms with Crippen molar-refractivity contribution in [1.82, 2.24) is 5.32 Å². The van der Waals surface area contributed by atoms with E-state index < -0.39 is 0 Å². The minimum Gasteiger partial charge on any atom is -0.496 e. The van der Waals surface area contributed by atoms with E-state index >= 15 is 0 Å². The van der Waals surface area contributed by atoms with Gasteiger partial charge in [0.25, 0.3) is 0 Å². The van der Waals surface area contributed by atoms with Crippen LogP contribution in [0, 0.1) is 5.92 Å². The summed E-state index contributed by atoms with van der Waals surface area (Å²) in [5.41, 5.74) is 0.840. The van der Waals surface area contributed by atoms with Gasteiger partial charge in [-0.05, 0) is 24.5 Å². The molecule has 0 heterocycles. The zero-order chi connectivity index (χ0) is 16.3. The molecule has 1 aromatic carbocycles. The molecule has 1 aliphatic carbocycles. The highest BCUT2D eigenvalue weighted by molar-refractivity contribution is 6.26. The number of rotatable bonds is 6. The van der Waals surface area contributed by atoms with E-state index in [1.807, 2.05) is 0 Å². The van der Waals surface area contributed by atoms with Crippen LogP contribution in [0.25, 0.3) is 0 Å². The van der Waals surface area contributed by atoms with Gasteiger partial charge < -0.3 is 14.8 Å². The number of nitrogens with one attached hydrogen (secondary N) is 1. The molecule has 118 valence electrons. The lowest BCUT2D eigenvalue weighted by Crippen LogP contribution is -2.28. The predicted molar refractivity (Wildman–Crippen MR) is 83.7 cm³/mol. The summed E-state index contributed by atoms with van der Waals surface area (Å²) in [4.78, 5) is 25.0. The molecule has 5 heteroatoms. The highest BCUT2D eigenvalue weighted by Crippen LogP contribution is 2.35. The van der Waals surface area contributed by atoms with Gasteiger partial charge in [-0.15, -0.1) is 0 Å². The highest BCUT2D eigenvalue weighted by atomic mass is 16.5. The van der Waals surface area contributed by atoms with Gasteiger partial charge in [0.2, 0.25) is 5.78 Å². The maximum Gasteiger partial charge on any atom is 0.213 e. The van der Waals surface area contributed by atoms with E-state index in [0.29, 0.717) is 29.7 Å². The van der Waals surface area contributed by atoms with E-state index in [4.69, 9.17) is 9.47 Å². The van der Waals surface area contributed by atoms with Crippen molar-refractivity contribution >= 4 is 11.6 Å². The topological polar surface area (TPSA) is 64.6 Å². The molecular weight excluding hydrogens is 282 g/mol. The Balaban J connectivity index is 2.38. The fourth-order valence-electron chi connectivity index (χ4n) is 2.41. The average molecular weight is 303 g/mol. The van der Waals surface area contributed by atoms with E-state index in [9.17, 15) is 9.59 Å². The number of benzene rings is 1. The van der Waals surface area contributed by atoms with Crippen molar-refractivity contribution < 1.29 is 19.1 Å². The molecule has 1 N–H and O–H groups in total. The fraction of sp³-hybridized carbons (Fsp3) is 0.412. The second-order valence-corrected chi connectivity index (χ2v) is 5.58. The average Bonchev–Trinajstić information content (AvgIpc) is 2.50. The van der Waals surface area contributed by atoms with Crippen LogP contribution in [-0.2, 0) is 0 Å². The summed E-state index contributed by atoms with van der Waals surface area (Å²) in [6.45, 7) is 4.85. The van der Waals surface area contributed by atoms with E-state index in [-0.39, 0.29) is 22.7 Å². The third-order valence-corrected chi connectivity index (χ3v) is 3.60. The van der Waals surface area contributed by atoms with Crippen molar-refractivity contribution in [3.63, 3.8) is 0 Å². The second kappa shape index (κ2) is 6.64. The second-order valence-electron chi connectivity index (χ2n) is 5.58. The molecule has 0 fully saturated rings. The highest BCUT2D eigenvalue weighted by Gasteiger charge is 2.31. The Morgan fingerprint density at radius 2 is 1.64 bits per heavy atom. The van der Waals surface area contributed by atoms with Crippen molar-refractivity contribution in [2.24, 2.45) is 5.92 Å². The summed E-state index contributed by atoms with van der Waals surface area (Å²) in [5.74, 6) is 0.785. The van der Waals surface area contributed by atoms with E-state index in [1.165, 1.54) is 20.3 Å². The SMILES string of the molecule is COc1ccc(OC)c2c1C(=O)C=C(NCCC(C)C)C2=O. The number of methoxy groups -OCH3 is 2. The molecule has 1 aliphatic rings. The smallest absolute Gasteiger partial charge is 0.213 e. The van der Waals surface area contributed by atoms with E-state index in [0.717, 1.165) is 6.42 Å². The molecule has 2 rings (SSSR count). The minimum atomic E-state index is -0.252. The summed E-state index contributed by atoms with van der Waals surface area (Å²) >= 11 is 0. The van der Waals surface area contributed by atoms with Gasteiger partial charge in [0, 0.05) is 12.6 Å². The largest absolute Gasteiger partial charge is 0.496 e. The molecule has 0 atom stereocenters. The molecule has 0 aliphatic heterocycles. The Bertz CT molecular complexity index is 632. The van der Waals surface area contributed by atoms with Crippen LogP contribution in [-0.4, -0.2) is 32.3 Å². The van der Waals surface area contributed by atoms with Crippen molar-refractivity contribution in [3.05, 3.63) is 35.0 Å². The van der Waals surface area contributed by atoms with Crippen LogP contribution in [0.5, 0.6) is 11.5 Å². The fourth-order valence-corrected chi connectivity index (χ4v) is 2.41. The van der Waals surface area contributed by atoms with Gasteiger partial charge in [-0.3, -0.25) is 9.59 Å². The number of allylic oxidation sites excluding steroid dienone is 2. The first-order valence-corrected chi connectivity index (χ1v) is 7.29. The quantitative estimate of drug-likeness (QED) is 0.875. The van der Waals surface area contributed by atoms with Crippen LogP contribution in [0.2, 0.25) is 0 Å². The Hall–Kier alpha value is -2.30.